The summed E-state index contributed by atoms with van der Waals surface area (Å²) in [5, 5.41) is 0.244. The quantitative estimate of drug-likeness (QED) is 0.184. The van der Waals surface area contributed by atoms with Gasteiger partial charge in [-0.15, -0.1) is 0 Å². The minimum Gasteiger partial charge on any atom is -0.493 e. The molecule has 0 bridgehead atoms. The molecular formula is C27H23ClFN2O8P. The van der Waals surface area contributed by atoms with E-state index < -0.39 is 25.0 Å². The first-order valence-electron chi connectivity index (χ1n) is 11.8. The van der Waals surface area contributed by atoms with Gasteiger partial charge in [0.25, 0.3) is 5.56 Å². The molecule has 2 heterocycles. The third-order valence-corrected chi connectivity index (χ3v) is 6.49. The number of hydrogen-bond acceptors (Lipinski definition) is 7. The molecule has 4 aromatic rings. The number of aromatic nitrogens is 2. The average molecular weight is 589 g/mol. The van der Waals surface area contributed by atoms with Gasteiger partial charge in [0.15, 0.2) is 17.3 Å². The second kappa shape index (κ2) is 12.0. The number of phosphoric acid groups is 1. The molecule has 0 radical (unpaired) electrons. The van der Waals surface area contributed by atoms with E-state index in [0.29, 0.717) is 16.9 Å². The van der Waals surface area contributed by atoms with Crippen molar-refractivity contribution in [3.8, 4) is 28.7 Å². The molecule has 208 valence electrons. The molecule has 40 heavy (non-hydrogen) atoms. The Labute approximate surface area is 232 Å². The number of carbonyl (C=O) groups is 1. The van der Waals surface area contributed by atoms with Crippen molar-refractivity contribution < 1.29 is 37.5 Å². The molecule has 13 heteroatoms. The zero-order valence-electron chi connectivity index (χ0n) is 21.2. The van der Waals surface area contributed by atoms with Crippen LogP contribution in [-0.4, -0.2) is 31.7 Å². The molecule has 0 atom stereocenters. The van der Waals surface area contributed by atoms with Crippen LogP contribution in [0.4, 0.5) is 4.39 Å². The Hall–Kier alpha value is -4.02. The van der Waals surface area contributed by atoms with Crippen LogP contribution in [0.5, 0.6) is 23.0 Å². The number of ketones is 1. The van der Waals surface area contributed by atoms with Crippen molar-refractivity contribution in [1.82, 2.24) is 9.55 Å². The summed E-state index contributed by atoms with van der Waals surface area (Å²) < 4.78 is 42.7. The lowest BCUT2D eigenvalue weighted by molar-refractivity contribution is 0.0987. The summed E-state index contributed by atoms with van der Waals surface area (Å²) in [5.41, 5.74) is 0.189. The van der Waals surface area contributed by atoms with Gasteiger partial charge in [0.2, 0.25) is 0 Å². The van der Waals surface area contributed by atoms with Crippen LogP contribution in [0.1, 0.15) is 28.5 Å². The molecule has 10 nitrogen and oxygen atoms in total. The highest BCUT2D eigenvalue weighted by Gasteiger charge is 2.22. The summed E-state index contributed by atoms with van der Waals surface area (Å²) in [6.45, 7) is 3.57. The van der Waals surface area contributed by atoms with Gasteiger partial charge < -0.3 is 14.0 Å². The van der Waals surface area contributed by atoms with E-state index in [1.165, 1.54) is 65.5 Å². The van der Waals surface area contributed by atoms with Crippen LogP contribution in [0.25, 0.3) is 5.69 Å². The van der Waals surface area contributed by atoms with E-state index in [4.69, 9.17) is 30.9 Å². The monoisotopic (exact) mass is 588 g/mol. The molecule has 4 rings (SSSR count). The first kappa shape index (κ1) is 29.0. The number of carbonyl (C=O) groups excluding carboxylic acids is 1. The van der Waals surface area contributed by atoms with Crippen molar-refractivity contribution >= 4 is 25.2 Å². The number of aryl methyl sites for hydroxylation is 1. The van der Waals surface area contributed by atoms with Crippen molar-refractivity contribution in [2.24, 2.45) is 0 Å². The maximum Gasteiger partial charge on any atom is 0.524 e. The second-order valence-electron chi connectivity index (χ2n) is 8.41. The predicted octanol–water partition coefficient (Wildman–Crippen LogP) is 5.42. The smallest absolute Gasteiger partial charge is 0.493 e. The number of rotatable bonds is 10. The Bertz CT molecular complexity index is 1670. The number of ether oxygens (including phenoxy) is 2. The topological polar surface area (TPSA) is 137 Å². The molecule has 2 aromatic heterocycles. The minimum atomic E-state index is -4.75. The van der Waals surface area contributed by atoms with E-state index in [9.17, 15) is 18.5 Å². The molecule has 0 aliphatic heterocycles. The van der Waals surface area contributed by atoms with Crippen molar-refractivity contribution in [3.05, 3.63) is 105 Å². The maximum absolute atomic E-state index is 14.9. The third kappa shape index (κ3) is 6.75. The normalized spacial score (nSPS) is 11.2. The molecule has 2 aromatic carbocycles. The minimum absolute atomic E-state index is 0.0679. The summed E-state index contributed by atoms with van der Waals surface area (Å²) in [6.07, 6.45) is 2.58. The number of hydrogen-bond donors (Lipinski definition) is 2. The Morgan fingerprint density at radius 1 is 1.07 bits per heavy atom. The zero-order valence-corrected chi connectivity index (χ0v) is 22.9. The van der Waals surface area contributed by atoms with Crippen LogP contribution in [0.2, 0.25) is 5.02 Å². The number of pyridine rings is 2. The molecule has 0 amide bonds. The van der Waals surface area contributed by atoms with Crippen LogP contribution in [-0.2, 0) is 11.0 Å². The van der Waals surface area contributed by atoms with Gasteiger partial charge in [0, 0.05) is 30.6 Å². The fourth-order valence-corrected chi connectivity index (χ4v) is 4.34. The molecule has 0 unspecified atom stereocenters. The molecule has 2 N–H and O–H groups in total. The fourth-order valence-electron chi connectivity index (χ4n) is 3.79. The lowest BCUT2D eigenvalue weighted by atomic mass is 10.0. The third-order valence-electron chi connectivity index (χ3n) is 5.58. The fraction of sp³-hybridized carbons (Fsp3) is 0.148. The van der Waals surface area contributed by atoms with Crippen LogP contribution >= 0.6 is 19.4 Å². The Kier molecular flexibility index (Phi) is 8.70. The molecular weight excluding hydrogens is 566 g/mol. The zero-order chi connectivity index (χ0) is 29.0. The van der Waals surface area contributed by atoms with Crippen LogP contribution < -0.4 is 19.6 Å². The van der Waals surface area contributed by atoms with E-state index in [0.717, 1.165) is 6.07 Å². The summed E-state index contributed by atoms with van der Waals surface area (Å²) >= 11 is 6.17. The van der Waals surface area contributed by atoms with Gasteiger partial charge in [-0.1, -0.05) is 17.7 Å². The average Bonchev–Trinajstić information content (AvgIpc) is 2.88. The lowest BCUT2D eigenvalue weighted by Crippen LogP contribution is -2.26. The number of benzene rings is 2. The molecule has 0 saturated heterocycles. The first-order chi connectivity index (χ1) is 19.0. The van der Waals surface area contributed by atoms with E-state index in [2.05, 4.69) is 9.51 Å². The SMILES string of the molecule is CCOc1ccn(-c2ccc(OP(=O)(O)O)cc2)c(=O)c1C(=O)Cc1ccc(Oc2ccnc(C)c2Cl)c(F)c1. The number of phosphoric ester groups is 1. The van der Waals surface area contributed by atoms with E-state index in [-0.39, 0.29) is 46.6 Å². The highest BCUT2D eigenvalue weighted by molar-refractivity contribution is 7.46. The summed E-state index contributed by atoms with van der Waals surface area (Å²) in [5.74, 6) is -1.26. The predicted molar refractivity (Wildman–Crippen MR) is 144 cm³/mol. The van der Waals surface area contributed by atoms with Crippen LogP contribution in [0, 0.1) is 12.7 Å². The molecule has 0 fully saturated rings. The van der Waals surface area contributed by atoms with Gasteiger partial charge in [-0.2, -0.15) is 0 Å². The van der Waals surface area contributed by atoms with E-state index in [1.807, 2.05) is 0 Å². The highest BCUT2D eigenvalue weighted by atomic mass is 35.5. The standard InChI is InChI=1S/C27H23ClFN2O8P/c1-3-37-23-11-13-31(18-5-7-19(8-6-18)39-40(34,35)36)27(33)25(23)21(32)15-17-4-9-22(20(29)14-17)38-24-10-12-30-16(2)26(24)28/h4-14H,3,15H2,1-2H3,(H2,34,35,36). The highest BCUT2D eigenvalue weighted by Crippen LogP contribution is 2.37. The second-order valence-corrected chi connectivity index (χ2v) is 9.96. The number of Topliss-reactive ketones (excluding diaryl/α,β-unsaturated/α-hetero) is 1. The largest absolute Gasteiger partial charge is 0.524 e. The van der Waals surface area contributed by atoms with Gasteiger partial charge >= 0.3 is 7.82 Å². The Morgan fingerprint density at radius 3 is 2.45 bits per heavy atom. The van der Waals surface area contributed by atoms with Crippen molar-refractivity contribution in [2.45, 2.75) is 20.3 Å². The van der Waals surface area contributed by atoms with Crippen molar-refractivity contribution in [1.29, 1.82) is 0 Å². The molecule has 0 aliphatic carbocycles. The molecule has 0 spiro atoms. The van der Waals surface area contributed by atoms with E-state index >= 15 is 0 Å². The van der Waals surface area contributed by atoms with Crippen molar-refractivity contribution in [3.63, 3.8) is 0 Å². The van der Waals surface area contributed by atoms with Gasteiger partial charge in [0.1, 0.15) is 27.8 Å². The number of nitrogens with zero attached hydrogens (tertiary/aromatic N) is 2. The summed E-state index contributed by atoms with van der Waals surface area (Å²) in [7, 11) is -4.75. The number of halogens is 2. The first-order valence-corrected chi connectivity index (χ1v) is 13.7. The van der Waals surface area contributed by atoms with Gasteiger partial charge in [0.05, 0.1) is 12.3 Å². The summed E-state index contributed by atoms with van der Waals surface area (Å²) in [6, 6.07) is 12.3. The molecule has 0 saturated carbocycles. The van der Waals surface area contributed by atoms with Gasteiger partial charge in [-0.3, -0.25) is 28.9 Å². The van der Waals surface area contributed by atoms with E-state index in [1.54, 1.807) is 13.8 Å². The Balaban J connectivity index is 1.61. The van der Waals surface area contributed by atoms with Gasteiger partial charge in [-0.05, 0) is 61.9 Å². The lowest BCUT2D eigenvalue weighted by Gasteiger charge is -2.14. The van der Waals surface area contributed by atoms with Crippen molar-refractivity contribution in [2.75, 3.05) is 6.61 Å². The van der Waals surface area contributed by atoms with Crippen LogP contribution in [0.15, 0.2) is 71.8 Å². The van der Waals surface area contributed by atoms with Crippen LogP contribution in [0.3, 0.4) is 0 Å². The maximum atomic E-state index is 14.9. The van der Waals surface area contributed by atoms with Gasteiger partial charge in [-0.25, -0.2) is 8.96 Å². The Morgan fingerprint density at radius 2 is 1.80 bits per heavy atom. The molecule has 0 aliphatic rings. The summed E-state index contributed by atoms with van der Waals surface area (Å²) in [4.78, 5) is 48.7.